The van der Waals surface area contributed by atoms with Crippen LogP contribution in [-0.4, -0.2) is 110 Å². The van der Waals surface area contributed by atoms with Crippen LogP contribution in [0, 0.1) is 0 Å². The Bertz CT molecular complexity index is 1530. The highest BCUT2D eigenvalue weighted by Gasteiger charge is 2.53. The Morgan fingerprint density at radius 1 is 1.26 bits per heavy atom. The molecular weight excluding hydrogens is 574 g/mol. The maximum Gasteiger partial charge on any atom is 0.352 e. The maximum absolute atomic E-state index is 13.0. The Labute approximate surface area is 229 Å². The molecule has 1 amide bonds. The van der Waals surface area contributed by atoms with Crippen LogP contribution < -0.4 is 10.0 Å². The van der Waals surface area contributed by atoms with Crippen LogP contribution in [0.1, 0.15) is 12.1 Å². The van der Waals surface area contributed by atoms with E-state index in [4.69, 9.17) is 0 Å². The zero-order chi connectivity index (χ0) is 27.7. The van der Waals surface area contributed by atoms with Gasteiger partial charge in [0, 0.05) is 38.3 Å². The number of aromatic nitrogens is 10. The number of amides is 1. The second kappa shape index (κ2) is 10.9. The van der Waals surface area contributed by atoms with Crippen molar-refractivity contribution in [2.45, 2.75) is 34.6 Å². The zero-order valence-corrected chi connectivity index (χ0v) is 23.0. The van der Waals surface area contributed by atoms with Crippen molar-refractivity contribution in [2.24, 2.45) is 14.1 Å². The molecule has 2 atom stereocenters. The van der Waals surface area contributed by atoms with Crippen LogP contribution in [0.5, 0.6) is 0 Å². The smallest absolute Gasteiger partial charge is 0.352 e. The number of imidazole rings is 1. The van der Waals surface area contributed by atoms with Gasteiger partial charge in [-0.05, 0) is 39.3 Å². The second-order valence-corrected chi connectivity index (χ2v) is 12.2. The molecule has 0 spiro atoms. The van der Waals surface area contributed by atoms with Gasteiger partial charge in [-0.3, -0.25) is 9.69 Å². The van der Waals surface area contributed by atoms with Crippen LogP contribution in [-0.2, 0) is 40.1 Å². The molecule has 0 aliphatic carbocycles. The summed E-state index contributed by atoms with van der Waals surface area (Å²) in [6.45, 7) is 0.150. The number of thioether (sulfide) groups is 2. The molecule has 1 saturated heterocycles. The molecule has 21 heteroatoms. The van der Waals surface area contributed by atoms with Gasteiger partial charge in [0.15, 0.2) is 0 Å². The lowest BCUT2D eigenvalue weighted by Crippen LogP contribution is -2.67. The second-order valence-electron chi connectivity index (χ2n) is 8.49. The van der Waals surface area contributed by atoms with Crippen molar-refractivity contribution in [2.75, 3.05) is 23.4 Å². The third kappa shape index (κ3) is 5.46. The van der Waals surface area contributed by atoms with Crippen LogP contribution in [0.3, 0.4) is 0 Å². The molecule has 2 aliphatic heterocycles. The Morgan fingerprint density at radius 3 is 2.72 bits per heavy atom. The first-order valence-electron chi connectivity index (χ1n) is 11.4. The molecule has 0 radical (unpaired) electrons. The number of carbonyl (C=O) groups excluding carboxylic acids is 1. The van der Waals surface area contributed by atoms with Crippen molar-refractivity contribution >= 4 is 51.4 Å². The number of aliphatic carboxylic acids is 1. The van der Waals surface area contributed by atoms with Crippen LogP contribution >= 0.6 is 23.5 Å². The highest BCUT2D eigenvalue weighted by atomic mass is 32.2. The van der Waals surface area contributed by atoms with Crippen molar-refractivity contribution in [1.29, 1.82) is 0 Å². The summed E-state index contributed by atoms with van der Waals surface area (Å²) in [5, 5.41) is 34.3. The zero-order valence-electron chi connectivity index (χ0n) is 20.5. The minimum atomic E-state index is -3.82. The fraction of sp³-hybridized carbons (Fsp3) is 0.500. The van der Waals surface area contributed by atoms with E-state index in [9.17, 15) is 23.1 Å². The minimum Gasteiger partial charge on any atom is -0.477 e. The maximum atomic E-state index is 13.0. The molecule has 2 aliphatic rings. The first-order valence-corrected chi connectivity index (χ1v) is 15.0. The largest absolute Gasteiger partial charge is 0.477 e. The van der Waals surface area contributed by atoms with E-state index in [-0.39, 0.29) is 23.3 Å². The van der Waals surface area contributed by atoms with Gasteiger partial charge in [0.05, 0.1) is 5.69 Å². The number of aromatic amines is 1. The van der Waals surface area contributed by atoms with Gasteiger partial charge < -0.3 is 15.4 Å². The molecule has 4 N–H and O–H groups in total. The summed E-state index contributed by atoms with van der Waals surface area (Å²) in [6, 6.07) is -0.646. The number of sulfonamides is 1. The molecular formula is C18H23N13O5S3. The van der Waals surface area contributed by atoms with E-state index in [1.54, 1.807) is 13.2 Å². The third-order valence-electron chi connectivity index (χ3n) is 5.85. The number of carboxylic acid groups (broad SMARTS) is 1. The monoisotopic (exact) mass is 597 g/mol. The topological polar surface area (TPSA) is 232 Å². The Hall–Kier alpha value is -3.56. The quantitative estimate of drug-likeness (QED) is 0.102. The van der Waals surface area contributed by atoms with Crippen LogP contribution in [0.15, 0.2) is 27.8 Å². The standard InChI is InChI=1S/C18H23N13O5S3/c1-29-17(23-25-27-29)38-8-9-7-37-14-11(13(32)31(14)12(9)15(33)34)22-16-19-6-10(21-16)4-3-5-20-39(35,36)18-24-26-28-30(18)2/h6,11,14,20H,3-5,7-8H2,1-2H3,(H,33,34)(H2,19,21,22)/t11?,14-/m1/s1. The van der Waals surface area contributed by atoms with Crippen LogP contribution in [0.4, 0.5) is 5.95 Å². The number of anilines is 1. The van der Waals surface area contributed by atoms with Gasteiger partial charge in [0.1, 0.15) is 17.1 Å². The lowest BCUT2D eigenvalue weighted by molar-refractivity contribution is -0.147. The normalized spacial score (nSPS) is 19.2. The number of carbonyl (C=O) groups is 2. The van der Waals surface area contributed by atoms with Gasteiger partial charge in [-0.15, -0.1) is 16.9 Å². The lowest BCUT2D eigenvalue weighted by atomic mass is 10.0. The third-order valence-corrected chi connectivity index (χ3v) is 9.70. The van der Waals surface area contributed by atoms with Crippen molar-refractivity contribution in [3.8, 4) is 0 Å². The van der Waals surface area contributed by atoms with E-state index in [1.807, 2.05) is 0 Å². The number of hydrogen-bond donors (Lipinski definition) is 4. The molecule has 1 unspecified atom stereocenters. The van der Waals surface area contributed by atoms with Gasteiger partial charge in [-0.2, -0.15) is 0 Å². The predicted molar refractivity (Wildman–Crippen MR) is 136 cm³/mol. The fourth-order valence-corrected chi connectivity index (χ4v) is 7.39. The summed E-state index contributed by atoms with van der Waals surface area (Å²) in [5.74, 6) is -0.379. The predicted octanol–water partition coefficient (Wildman–Crippen LogP) is -1.81. The van der Waals surface area contributed by atoms with E-state index in [0.717, 1.165) is 4.68 Å². The Balaban J connectivity index is 1.15. The molecule has 208 valence electrons. The number of fused-ring (bicyclic) bond motifs is 1. The summed E-state index contributed by atoms with van der Waals surface area (Å²) in [6.07, 6.45) is 2.59. The van der Waals surface area contributed by atoms with Crippen molar-refractivity contribution in [3.05, 3.63) is 23.2 Å². The van der Waals surface area contributed by atoms with Gasteiger partial charge in [0.2, 0.25) is 11.1 Å². The summed E-state index contributed by atoms with van der Waals surface area (Å²) < 4.78 is 29.5. The molecule has 39 heavy (non-hydrogen) atoms. The van der Waals surface area contributed by atoms with Crippen LogP contribution in [0.25, 0.3) is 0 Å². The van der Waals surface area contributed by atoms with Crippen LogP contribution in [0.2, 0.25) is 0 Å². The molecule has 0 saturated carbocycles. The first kappa shape index (κ1) is 27.0. The molecule has 3 aromatic heterocycles. The lowest BCUT2D eigenvalue weighted by Gasteiger charge is -2.49. The molecule has 5 heterocycles. The summed E-state index contributed by atoms with van der Waals surface area (Å²) in [4.78, 5) is 33.7. The van der Waals surface area contributed by atoms with E-state index < -0.39 is 27.4 Å². The number of hydrogen-bond acceptors (Lipinski definition) is 14. The number of nitrogens with zero attached hydrogens (tertiary/aromatic N) is 10. The number of rotatable bonds is 12. The van der Waals surface area contributed by atoms with E-state index in [0.29, 0.717) is 46.7 Å². The Kier molecular flexibility index (Phi) is 7.55. The highest BCUT2D eigenvalue weighted by Crippen LogP contribution is 2.42. The van der Waals surface area contributed by atoms with Gasteiger partial charge in [0.25, 0.3) is 21.1 Å². The average Bonchev–Trinajstić information content (AvgIpc) is 3.64. The van der Waals surface area contributed by atoms with Gasteiger partial charge in [-0.25, -0.2) is 32.3 Å². The molecule has 3 aromatic rings. The first-order chi connectivity index (χ1) is 18.7. The fourth-order valence-electron chi connectivity index (χ4n) is 3.99. The molecule has 5 rings (SSSR count). The number of β-lactam (4-membered cyclic amide) rings is 1. The van der Waals surface area contributed by atoms with Gasteiger partial charge in [-0.1, -0.05) is 16.9 Å². The van der Waals surface area contributed by atoms with Crippen molar-refractivity contribution in [1.82, 2.24) is 60.0 Å². The van der Waals surface area contributed by atoms with Crippen molar-refractivity contribution in [3.63, 3.8) is 0 Å². The summed E-state index contributed by atoms with van der Waals surface area (Å²) in [5.41, 5.74) is 1.28. The SMILES string of the molecule is Cn1nnnc1SCC1=C(C(=O)O)N2C(=O)C(Nc3nc(CCCNS(=O)(=O)c4nnnn4C)c[nH]3)[C@H]2SC1. The van der Waals surface area contributed by atoms with E-state index >= 15 is 0 Å². The van der Waals surface area contributed by atoms with Crippen molar-refractivity contribution < 1.29 is 23.1 Å². The molecule has 0 bridgehead atoms. The van der Waals surface area contributed by atoms with Gasteiger partial charge >= 0.3 is 5.97 Å². The van der Waals surface area contributed by atoms with E-state index in [1.165, 1.54) is 40.2 Å². The highest BCUT2D eigenvalue weighted by molar-refractivity contribution is 8.01. The summed E-state index contributed by atoms with van der Waals surface area (Å²) >= 11 is 2.77. The summed E-state index contributed by atoms with van der Waals surface area (Å²) in [7, 11) is -0.700. The number of aryl methyl sites for hydroxylation is 3. The number of carboxylic acids is 1. The average molecular weight is 598 g/mol. The minimum absolute atomic E-state index is 0.0101. The number of nitrogens with one attached hydrogen (secondary N) is 3. The molecule has 18 nitrogen and oxygen atoms in total. The van der Waals surface area contributed by atoms with E-state index in [2.05, 4.69) is 51.1 Å². The number of H-pyrrole nitrogens is 1. The number of tetrazole rings is 2. The molecule has 1 fully saturated rings. The molecule has 0 aromatic carbocycles. The Morgan fingerprint density at radius 2 is 2.03 bits per heavy atom.